The van der Waals surface area contributed by atoms with E-state index in [0.717, 1.165) is 6.42 Å². The lowest BCUT2D eigenvalue weighted by atomic mass is 9.98. The molecule has 166 valence electrons. The molecule has 1 aromatic carbocycles. The highest BCUT2D eigenvalue weighted by Gasteiger charge is 2.35. The molecule has 3 heterocycles. The summed E-state index contributed by atoms with van der Waals surface area (Å²) in [7, 11) is -3.47. The average Bonchev–Trinajstić information content (AvgIpc) is 3.50. The van der Waals surface area contributed by atoms with E-state index >= 15 is 0 Å². The van der Waals surface area contributed by atoms with Gasteiger partial charge in [-0.15, -0.1) is 11.3 Å². The van der Waals surface area contributed by atoms with Crippen molar-refractivity contribution in [3.8, 4) is 0 Å². The minimum Gasteiger partial charge on any atom is -0.354 e. The van der Waals surface area contributed by atoms with E-state index in [2.05, 4.69) is 5.32 Å². The number of hydrogen-bond donors (Lipinski definition) is 1. The summed E-state index contributed by atoms with van der Waals surface area (Å²) < 4.78 is 27.0. The number of likely N-dealkylation sites (tertiary alicyclic amines) is 1. The van der Waals surface area contributed by atoms with Crippen molar-refractivity contribution >= 4 is 33.2 Å². The molecule has 2 saturated heterocycles. The first kappa shape index (κ1) is 22.0. The van der Waals surface area contributed by atoms with Gasteiger partial charge in [0, 0.05) is 26.2 Å². The standard InChI is InChI=1S/C22H27N3O4S2/c26-21(19-8-4-12-25(19)22(27)20-9-5-15-30-20)23-16-17-10-13-24(14-11-17)31(28,29)18-6-2-1-3-7-18/h1-3,5-7,9,15,17,19H,4,8,10-14,16H2,(H,23,26)/t19-/m0/s1. The number of piperidine rings is 1. The van der Waals surface area contributed by atoms with Gasteiger partial charge in [0.2, 0.25) is 15.9 Å². The van der Waals surface area contributed by atoms with Crippen LogP contribution in [0.2, 0.25) is 0 Å². The zero-order valence-electron chi connectivity index (χ0n) is 17.3. The summed E-state index contributed by atoms with van der Waals surface area (Å²) in [5.41, 5.74) is 0. The van der Waals surface area contributed by atoms with Crippen molar-refractivity contribution in [2.75, 3.05) is 26.2 Å². The molecule has 0 spiro atoms. The van der Waals surface area contributed by atoms with Gasteiger partial charge < -0.3 is 10.2 Å². The van der Waals surface area contributed by atoms with Crippen molar-refractivity contribution in [2.45, 2.75) is 36.6 Å². The second kappa shape index (κ2) is 9.50. The Morgan fingerprint density at radius 3 is 2.42 bits per heavy atom. The number of nitrogens with zero attached hydrogens (tertiary/aromatic N) is 2. The van der Waals surface area contributed by atoms with Gasteiger partial charge in [-0.25, -0.2) is 8.42 Å². The maximum Gasteiger partial charge on any atom is 0.264 e. The van der Waals surface area contributed by atoms with E-state index < -0.39 is 16.1 Å². The molecule has 2 fully saturated rings. The topological polar surface area (TPSA) is 86.8 Å². The Kier molecular flexibility index (Phi) is 6.74. The van der Waals surface area contributed by atoms with E-state index in [1.807, 2.05) is 11.4 Å². The Morgan fingerprint density at radius 2 is 1.74 bits per heavy atom. The van der Waals surface area contributed by atoms with Crippen LogP contribution in [0.3, 0.4) is 0 Å². The first-order valence-electron chi connectivity index (χ1n) is 10.6. The third kappa shape index (κ3) is 4.83. The average molecular weight is 462 g/mol. The fourth-order valence-corrected chi connectivity index (χ4v) is 6.45. The minimum absolute atomic E-state index is 0.0768. The molecule has 0 radical (unpaired) electrons. The zero-order valence-corrected chi connectivity index (χ0v) is 18.9. The second-order valence-electron chi connectivity index (χ2n) is 8.04. The van der Waals surface area contributed by atoms with E-state index in [-0.39, 0.29) is 17.7 Å². The Bertz CT molecular complexity index is 1000. The first-order valence-corrected chi connectivity index (χ1v) is 13.0. The molecule has 2 amide bonds. The van der Waals surface area contributed by atoms with Crippen molar-refractivity contribution in [3.05, 3.63) is 52.7 Å². The number of carbonyl (C=O) groups excluding carboxylic acids is 2. The van der Waals surface area contributed by atoms with Gasteiger partial charge in [-0.3, -0.25) is 9.59 Å². The SMILES string of the molecule is O=C(NCC1CCN(S(=O)(=O)c2ccccc2)CC1)[C@@H]1CCCN1C(=O)c1cccs1. The summed E-state index contributed by atoms with van der Waals surface area (Å²) in [6, 6.07) is 11.7. The highest BCUT2D eigenvalue weighted by Crippen LogP contribution is 2.25. The van der Waals surface area contributed by atoms with E-state index in [4.69, 9.17) is 0 Å². The molecule has 0 bridgehead atoms. The minimum atomic E-state index is -3.47. The predicted molar refractivity (Wildman–Crippen MR) is 119 cm³/mol. The quantitative estimate of drug-likeness (QED) is 0.716. The summed E-state index contributed by atoms with van der Waals surface area (Å²) in [6.45, 7) is 2.01. The Labute approximate surface area is 187 Å². The van der Waals surface area contributed by atoms with E-state index in [9.17, 15) is 18.0 Å². The summed E-state index contributed by atoms with van der Waals surface area (Å²) in [5.74, 6) is 0.0443. The van der Waals surface area contributed by atoms with Crippen molar-refractivity contribution in [3.63, 3.8) is 0 Å². The summed E-state index contributed by atoms with van der Waals surface area (Å²) in [5, 5.41) is 4.88. The molecule has 0 saturated carbocycles. The fourth-order valence-electron chi connectivity index (χ4n) is 4.28. The lowest BCUT2D eigenvalue weighted by Crippen LogP contribution is -2.48. The molecule has 1 aromatic heterocycles. The number of sulfonamides is 1. The number of benzene rings is 1. The molecular weight excluding hydrogens is 434 g/mol. The van der Waals surface area contributed by atoms with Crippen molar-refractivity contribution < 1.29 is 18.0 Å². The lowest BCUT2D eigenvalue weighted by molar-refractivity contribution is -0.125. The van der Waals surface area contributed by atoms with Crippen LogP contribution in [0.1, 0.15) is 35.4 Å². The van der Waals surface area contributed by atoms with Crippen molar-refractivity contribution in [2.24, 2.45) is 5.92 Å². The molecule has 0 unspecified atom stereocenters. The molecule has 9 heteroatoms. The number of hydrogen-bond acceptors (Lipinski definition) is 5. The van der Waals surface area contributed by atoms with Crippen LogP contribution in [0.25, 0.3) is 0 Å². The highest BCUT2D eigenvalue weighted by molar-refractivity contribution is 7.89. The van der Waals surface area contributed by atoms with E-state index in [0.29, 0.717) is 55.2 Å². The van der Waals surface area contributed by atoms with Crippen LogP contribution in [-0.4, -0.2) is 61.7 Å². The molecule has 2 aromatic rings. The van der Waals surface area contributed by atoms with Gasteiger partial charge in [0.25, 0.3) is 5.91 Å². The third-order valence-corrected chi connectivity index (χ3v) is 8.84. The predicted octanol–water partition coefficient (Wildman–Crippen LogP) is 2.57. The van der Waals surface area contributed by atoms with Gasteiger partial charge in [0.1, 0.15) is 6.04 Å². The monoisotopic (exact) mass is 461 g/mol. The number of thiophene rings is 1. The smallest absolute Gasteiger partial charge is 0.264 e. The van der Waals surface area contributed by atoms with Gasteiger partial charge in [0.15, 0.2) is 0 Å². The van der Waals surface area contributed by atoms with Crippen LogP contribution in [0.5, 0.6) is 0 Å². The maximum atomic E-state index is 12.8. The number of carbonyl (C=O) groups is 2. The molecule has 1 N–H and O–H groups in total. The zero-order chi connectivity index (χ0) is 21.8. The van der Waals surface area contributed by atoms with Crippen LogP contribution < -0.4 is 5.32 Å². The summed E-state index contributed by atoms with van der Waals surface area (Å²) >= 11 is 1.39. The van der Waals surface area contributed by atoms with E-state index in [1.165, 1.54) is 15.6 Å². The fraction of sp³-hybridized carbons (Fsp3) is 0.455. The molecule has 4 rings (SSSR count). The molecule has 2 aliphatic rings. The Morgan fingerprint density at radius 1 is 1.00 bits per heavy atom. The normalized spacial score (nSPS) is 20.6. The number of rotatable bonds is 6. The van der Waals surface area contributed by atoms with Gasteiger partial charge in [-0.05, 0) is 55.2 Å². The Hall–Kier alpha value is -2.23. The highest BCUT2D eigenvalue weighted by atomic mass is 32.2. The molecular formula is C22H27N3O4S2. The first-order chi connectivity index (χ1) is 15.0. The van der Waals surface area contributed by atoms with Gasteiger partial charge >= 0.3 is 0 Å². The molecule has 1 atom stereocenters. The Balaban J connectivity index is 1.28. The largest absolute Gasteiger partial charge is 0.354 e. The maximum absolute atomic E-state index is 12.8. The van der Waals surface area contributed by atoms with Crippen LogP contribution >= 0.6 is 11.3 Å². The molecule has 31 heavy (non-hydrogen) atoms. The summed E-state index contributed by atoms with van der Waals surface area (Å²) in [6.07, 6.45) is 2.91. The second-order valence-corrected chi connectivity index (χ2v) is 10.9. The lowest BCUT2D eigenvalue weighted by Gasteiger charge is -2.32. The number of amides is 2. The van der Waals surface area contributed by atoms with Gasteiger partial charge in [-0.1, -0.05) is 24.3 Å². The van der Waals surface area contributed by atoms with E-state index in [1.54, 1.807) is 41.3 Å². The van der Waals surface area contributed by atoms with Gasteiger partial charge in [-0.2, -0.15) is 4.31 Å². The van der Waals surface area contributed by atoms with Crippen molar-refractivity contribution in [1.82, 2.24) is 14.5 Å². The van der Waals surface area contributed by atoms with Crippen LogP contribution in [0.15, 0.2) is 52.7 Å². The van der Waals surface area contributed by atoms with Crippen LogP contribution in [-0.2, 0) is 14.8 Å². The van der Waals surface area contributed by atoms with Gasteiger partial charge in [0.05, 0.1) is 9.77 Å². The van der Waals surface area contributed by atoms with Crippen molar-refractivity contribution in [1.29, 1.82) is 0 Å². The van der Waals surface area contributed by atoms with Crippen LogP contribution in [0, 0.1) is 5.92 Å². The van der Waals surface area contributed by atoms with Crippen LogP contribution in [0.4, 0.5) is 0 Å². The molecule has 2 aliphatic heterocycles. The molecule has 7 nitrogen and oxygen atoms in total. The third-order valence-electron chi connectivity index (χ3n) is 6.07. The summed E-state index contributed by atoms with van der Waals surface area (Å²) in [4.78, 5) is 28.1. The number of nitrogens with one attached hydrogen (secondary N) is 1. The molecule has 0 aliphatic carbocycles.